The van der Waals surface area contributed by atoms with E-state index in [2.05, 4.69) is 114 Å². The summed E-state index contributed by atoms with van der Waals surface area (Å²) in [6.45, 7) is 11.8. The van der Waals surface area contributed by atoms with Crippen LogP contribution in [0, 0.1) is 20.8 Å². The van der Waals surface area contributed by atoms with E-state index in [-0.39, 0.29) is 5.16 Å². The molecule has 3 heteroatoms. The Morgan fingerprint density at radius 3 is 2.16 bits per heavy atom. The fourth-order valence-corrected chi connectivity index (χ4v) is 6.26. The van der Waals surface area contributed by atoms with Crippen LogP contribution in [-0.4, -0.2) is 14.1 Å². The highest BCUT2D eigenvalue weighted by molar-refractivity contribution is 7.49. The van der Waals surface area contributed by atoms with Crippen LogP contribution in [-0.2, 0) is 11.8 Å². The van der Waals surface area contributed by atoms with E-state index in [0.717, 1.165) is 18.6 Å². The highest BCUT2D eigenvalue weighted by atomic mass is 31.1. The Morgan fingerprint density at radius 1 is 0.844 bits per heavy atom. The third kappa shape index (κ3) is 5.36. The van der Waals surface area contributed by atoms with Crippen molar-refractivity contribution in [1.29, 1.82) is 0 Å². The molecule has 0 amide bonds. The van der Waals surface area contributed by atoms with Crippen molar-refractivity contribution in [3.63, 3.8) is 0 Å². The molecule has 1 unspecified atom stereocenters. The maximum Gasteiger partial charge on any atom is 0.126 e. The second-order valence-corrected chi connectivity index (χ2v) is 10.8. The molecule has 2 nitrogen and oxygen atoms in total. The highest BCUT2D eigenvalue weighted by Crippen LogP contribution is 2.52. The van der Waals surface area contributed by atoms with Gasteiger partial charge >= 0.3 is 0 Å². The van der Waals surface area contributed by atoms with Gasteiger partial charge in [-0.3, -0.25) is 0 Å². The lowest BCUT2D eigenvalue weighted by molar-refractivity contribution is 0.296. The van der Waals surface area contributed by atoms with Crippen LogP contribution in [0.15, 0.2) is 60.7 Å². The summed E-state index contributed by atoms with van der Waals surface area (Å²) in [5, 5.41) is 1.47. The molecule has 0 bridgehead atoms. The maximum atomic E-state index is 6.55. The monoisotopic (exact) mass is 447 g/mol. The molecule has 0 aliphatic heterocycles. The van der Waals surface area contributed by atoms with E-state index < -0.39 is 0 Å². The SMILES string of the molecule is CCC(CC)(Pc1ccc(C)cc1N(C)C)c1cc(C)cc(C)c1OCc1ccccc1. The van der Waals surface area contributed by atoms with Crippen LogP contribution in [0.4, 0.5) is 5.69 Å². The lowest BCUT2D eigenvalue weighted by atomic mass is 9.89. The molecule has 0 aromatic heterocycles. The molecular weight excluding hydrogens is 409 g/mol. The van der Waals surface area contributed by atoms with Gasteiger partial charge in [0.2, 0.25) is 0 Å². The van der Waals surface area contributed by atoms with Gasteiger partial charge in [-0.15, -0.1) is 0 Å². The van der Waals surface area contributed by atoms with E-state index >= 15 is 0 Å². The van der Waals surface area contributed by atoms with Crippen LogP contribution in [0.25, 0.3) is 0 Å². The van der Waals surface area contributed by atoms with Crippen molar-refractivity contribution in [3.05, 3.63) is 88.5 Å². The normalized spacial score (nSPS) is 11.8. The Morgan fingerprint density at radius 2 is 1.53 bits per heavy atom. The summed E-state index contributed by atoms with van der Waals surface area (Å²) in [5.74, 6) is 1.06. The Balaban J connectivity index is 2.07. The largest absolute Gasteiger partial charge is 0.488 e. The Hall–Kier alpha value is -2.31. The summed E-state index contributed by atoms with van der Waals surface area (Å²) in [4.78, 5) is 2.25. The molecule has 0 spiro atoms. The first kappa shape index (κ1) is 24.3. The average Bonchev–Trinajstić information content (AvgIpc) is 2.78. The minimum absolute atomic E-state index is 0.0445. The molecule has 0 saturated heterocycles. The maximum absolute atomic E-state index is 6.55. The van der Waals surface area contributed by atoms with E-state index in [0.29, 0.717) is 15.2 Å². The topological polar surface area (TPSA) is 12.5 Å². The van der Waals surface area contributed by atoms with E-state index in [9.17, 15) is 0 Å². The molecule has 0 radical (unpaired) electrons. The highest BCUT2D eigenvalue weighted by Gasteiger charge is 2.34. The molecule has 3 aromatic carbocycles. The molecule has 3 aromatic rings. The smallest absolute Gasteiger partial charge is 0.126 e. The van der Waals surface area contributed by atoms with Crippen molar-refractivity contribution in [1.82, 2.24) is 0 Å². The van der Waals surface area contributed by atoms with Gasteiger partial charge in [0.1, 0.15) is 12.4 Å². The van der Waals surface area contributed by atoms with Gasteiger partial charge in [0, 0.05) is 30.5 Å². The number of aryl methyl sites for hydroxylation is 3. The molecule has 170 valence electrons. The summed E-state index contributed by atoms with van der Waals surface area (Å²) in [6, 6.07) is 22.0. The lowest BCUT2D eigenvalue weighted by Gasteiger charge is -2.36. The van der Waals surface area contributed by atoms with Crippen molar-refractivity contribution in [3.8, 4) is 5.75 Å². The molecule has 0 N–H and O–H groups in total. The second-order valence-electron chi connectivity index (χ2n) is 9.06. The number of nitrogens with zero attached hydrogens (tertiary/aromatic N) is 1. The van der Waals surface area contributed by atoms with Gasteiger partial charge in [-0.25, -0.2) is 0 Å². The van der Waals surface area contributed by atoms with Gasteiger partial charge < -0.3 is 9.64 Å². The number of hydrogen-bond donors (Lipinski definition) is 0. The summed E-state index contributed by atoms with van der Waals surface area (Å²) in [7, 11) is 4.96. The summed E-state index contributed by atoms with van der Waals surface area (Å²) in [5.41, 5.74) is 7.72. The molecule has 0 heterocycles. The van der Waals surface area contributed by atoms with Crippen molar-refractivity contribution >= 4 is 19.6 Å². The van der Waals surface area contributed by atoms with Gasteiger partial charge in [-0.2, -0.15) is 0 Å². The van der Waals surface area contributed by atoms with Crippen molar-refractivity contribution in [2.75, 3.05) is 19.0 Å². The van der Waals surface area contributed by atoms with E-state index in [1.165, 1.54) is 38.8 Å². The van der Waals surface area contributed by atoms with E-state index in [1.54, 1.807) is 0 Å². The van der Waals surface area contributed by atoms with Crippen LogP contribution >= 0.6 is 8.58 Å². The summed E-state index contributed by atoms with van der Waals surface area (Å²) in [6.07, 6.45) is 2.15. The summed E-state index contributed by atoms with van der Waals surface area (Å²) >= 11 is 0. The molecule has 0 saturated carbocycles. The predicted octanol–water partition coefficient (Wildman–Crippen LogP) is 7.28. The minimum Gasteiger partial charge on any atom is -0.488 e. The Labute approximate surface area is 196 Å². The molecule has 1 atom stereocenters. The Kier molecular flexibility index (Phi) is 8.01. The number of anilines is 1. The van der Waals surface area contributed by atoms with Crippen molar-refractivity contribution in [2.45, 2.75) is 59.2 Å². The average molecular weight is 448 g/mol. The predicted molar refractivity (Wildman–Crippen MR) is 142 cm³/mol. The van der Waals surface area contributed by atoms with Gasteiger partial charge in [-0.05, 0) is 61.7 Å². The van der Waals surface area contributed by atoms with Crippen LogP contribution < -0.4 is 14.9 Å². The molecule has 0 fully saturated rings. The van der Waals surface area contributed by atoms with E-state index in [4.69, 9.17) is 4.74 Å². The van der Waals surface area contributed by atoms with Crippen molar-refractivity contribution < 1.29 is 4.74 Å². The molecule has 3 rings (SSSR count). The van der Waals surface area contributed by atoms with Gasteiger partial charge in [0.25, 0.3) is 0 Å². The van der Waals surface area contributed by atoms with Gasteiger partial charge in [0.05, 0.1) is 0 Å². The number of ether oxygens (including phenoxy) is 1. The summed E-state index contributed by atoms with van der Waals surface area (Å²) < 4.78 is 6.55. The molecule has 0 aliphatic carbocycles. The molecular formula is C29H38NOP. The first-order chi connectivity index (χ1) is 15.3. The first-order valence-corrected chi connectivity index (χ1v) is 12.6. The third-order valence-electron chi connectivity index (χ3n) is 6.38. The van der Waals surface area contributed by atoms with Gasteiger partial charge in [-0.1, -0.05) is 82.6 Å². The molecule has 0 aliphatic rings. The minimum atomic E-state index is 0.0445. The van der Waals surface area contributed by atoms with Gasteiger partial charge in [0.15, 0.2) is 0 Å². The Bertz CT molecular complexity index is 1040. The lowest BCUT2D eigenvalue weighted by Crippen LogP contribution is -2.26. The van der Waals surface area contributed by atoms with Crippen LogP contribution in [0.1, 0.15) is 54.5 Å². The zero-order chi connectivity index (χ0) is 23.3. The van der Waals surface area contributed by atoms with E-state index in [1.807, 2.05) is 0 Å². The fraction of sp³-hybridized carbons (Fsp3) is 0.379. The fourth-order valence-electron chi connectivity index (χ4n) is 4.48. The zero-order valence-corrected chi connectivity index (χ0v) is 21.8. The quantitative estimate of drug-likeness (QED) is 0.320. The standard InChI is InChI=1S/C29H38NOP/c1-8-29(9-2,32-27-16-15-21(3)19-26(27)30(6)7)25-18-22(4)17-23(5)28(25)31-20-24-13-11-10-12-14-24/h10-19,32H,8-9,20H2,1-7H3. The van der Waals surface area contributed by atoms with Crippen LogP contribution in [0.5, 0.6) is 5.75 Å². The van der Waals surface area contributed by atoms with Crippen LogP contribution in [0.3, 0.4) is 0 Å². The number of hydrogen-bond acceptors (Lipinski definition) is 2. The molecule has 32 heavy (non-hydrogen) atoms. The first-order valence-electron chi connectivity index (χ1n) is 11.6. The second kappa shape index (κ2) is 10.5. The van der Waals surface area contributed by atoms with Crippen molar-refractivity contribution in [2.24, 2.45) is 0 Å². The third-order valence-corrected chi connectivity index (χ3v) is 8.52. The number of benzene rings is 3. The number of rotatable bonds is 9. The zero-order valence-electron chi connectivity index (χ0n) is 20.8. The van der Waals surface area contributed by atoms with Crippen LogP contribution in [0.2, 0.25) is 0 Å².